The van der Waals surface area contributed by atoms with Crippen LogP contribution in [0.5, 0.6) is 11.5 Å². The lowest BCUT2D eigenvalue weighted by molar-refractivity contribution is 0.0377. The molecule has 4 nitrogen and oxygen atoms in total. The lowest BCUT2D eigenvalue weighted by Crippen LogP contribution is -2.11. The highest BCUT2D eigenvalue weighted by molar-refractivity contribution is 6.32. The van der Waals surface area contributed by atoms with Gasteiger partial charge in [-0.2, -0.15) is 0 Å². The number of ether oxygens (including phenoxy) is 3. The largest absolute Gasteiger partial charge is 0.459 e. The van der Waals surface area contributed by atoms with Crippen LogP contribution in [0.1, 0.15) is 24.2 Å². The highest BCUT2D eigenvalue weighted by atomic mass is 35.5. The Morgan fingerprint density at radius 2 is 2.19 bits per heavy atom. The van der Waals surface area contributed by atoms with Crippen molar-refractivity contribution in [2.75, 3.05) is 6.79 Å². The van der Waals surface area contributed by atoms with Crippen LogP contribution in [0.15, 0.2) is 12.1 Å². The molecule has 1 heterocycles. The van der Waals surface area contributed by atoms with Crippen molar-refractivity contribution in [3.8, 4) is 11.5 Å². The summed E-state index contributed by atoms with van der Waals surface area (Å²) in [7, 11) is 0. The minimum atomic E-state index is -0.421. The Morgan fingerprint density at radius 1 is 1.44 bits per heavy atom. The van der Waals surface area contributed by atoms with Crippen molar-refractivity contribution in [1.29, 1.82) is 0 Å². The quantitative estimate of drug-likeness (QED) is 0.748. The van der Waals surface area contributed by atoms with Gasteiger partial charge in [0.1, 0.15) is 0 Å². The van der Waals surface area contributed by atoms with E-state index in [1.54, 1.807) is 19.9 Å². The molecule has 16 heavy (non-hydrogen) atoms. The van der Waals surface area contributed by atoms with E-state index in [0.717, 1.165) is 0 Å². The van der Waals surface area contributed by atoms with Gasteiger partial charge < -0.3 is 14.2 Å². The van der Waals surface area contributed by atoms with Crippen LogP contribution in [-0.2, 0) is 4.74 Å². The molecule has 0 fully saturated rings. The van der Waals surface area contributed by atoms with E-state index >= 15 is 0 Å². The number of hydrogen-bond acceptors (Lipinski definition) is 4. The van der Waals surface area contributed by atoms with Gasteiger partial charge in [0.15, 0.2) is 11.5 Å². The number of hydrogen-bond donors (Lipinski definition) is 0. The van der Waals surface area contributed by atoms with E-state index in [1.165, 1.54) is 6.07 Å². The molecule has 0 atom stereocenters. The predicted octanol–water partition coefficient (Wildman–Crippen LogP) is 2.63. The van der Waals surface area contributed by atoms with Gasteiger partial charge in [0.05, 0.1) is 16.7 Å². The molecule has 0 spiro atoms. The molecule has 1 aliphatic rings. The average molecular weight is 243 g/mol. The number of carbonyl (C=O) groups is 1. The average Bonchev–Trinajstić information content (AvgIpc) is 2.64. The molecule has 0 aliphatic carbocycles. The second-order valence-electron chi connectivity index (χ2n) is 3.65. The van der Waals surface area contributed by atoms with Gasteiger partial charge >= 0.3 is 5.97 Å². The van der Waals surface area contributed by atoms with E-state index in [0.29, 0.717) is 22.1 Å². The van der Waals surface area contributed by atoms with Gasteiger partial charge in [0, 0.05) is 0 Å². The van der Waals surface area contributed by atoms with Crippen molar-refractivity contribution in [2.45, 2.75) is 20.0 Å². The van der Waals surface area contributed by atoms with Crippen LogP contribution in [-0.4, -0.2) is 18.9 Å². The lowest BCUT2D eigenvalue weighted by Gasteiger charge is -2.08. The smallest absolute Gasteiger partial charge is 0.338 e. The van der Waals surface area contributed by atoms with Crippen LogP contribution in [0.2, 0.25) is 5.02 Å². The summed E-state index contributed by atoms with van der Waals surface area (Å²) in [6.45, 7) is 3.69. The van der Waals surface area contributed by atoms with Crippen molar-refractivity contribution in [3.05, 3.63) is 22.7 Å². The van der Waals surface area contributed by atoms with Crippen molar-refractivity contribution < 1.29 is 19.0 Å². The van der Waals surface area contributed by atoms with E-state index in [9.17, 15) is 4.79 Å². The first-order valence-electron chi connectivity index (χ1n) is 4.88. The van der Waals surface area contributed by atoms with Crippen molar-refractivity contribution in [2.24, 2.45) is 0 Å². The fourth-order valence-corrected chi connectivity index (χ4v) is 1.63. The van der Waals surface area contributed by atoms with E-state index in [1.807, 2.05) is 0 Å². The van der Waals surface area contributed by atoms with Gasteiger partial charge in [-0.15, -0.1) is 0 Å². The molecule has 1 aromatic carbocycles. The Balaban J connectivity index is 2.30. The Labute approximate surface area is 98.1 Å². The van der Waals surface area contributed by atoms with E-state index in [4.69, 9.17) is 25.8 Å². The summed E-state index contributed by atoms with van der Waals surface area (Å²) in [5.74, 6) is 0.529. The Kier molecular flexibility index (Phi) is 2.92. The molecule has 0 amide bonds. The maximum atomic E-state index is 11.6. The normalized spacial score (nSPS) is 13.0. The second kappa shape index (κ2) is 4.22. The van der Waals surface area contributed by atoms with Gasteiger partial charge in [0.2, 0.25) is 6.79 Å². The number of rotatable bonds is 2. The number of benzene rings is 1. The monoisotopic (exact) mass is 242 g/mol. The zero-order valence-electron chi connectivity index (χ0n) is 8.95. The second-order valence-corrected chi connectivity index (χ2v) is 4.05. The molecule has 5 heteroatoms. The number of esters is 1. The Morgan fingerprint density at radius 3 is 2.88 bits per heavy atom. The maximum Gasteiger partial charge on any atom is 0.338 e. The van der Waals surface area contributed by atoms with Gasteiger partial charge in [-0.05, 0) is 26.0 Å². The summed E-state index contributed by atoms with van der Waals surface area (Å²) < 4.78 is 15.4. The van der Waals surface area contributed by atoms with E-state index < -0.39 is 5.97 Å². The summed E-state index contributed by atoms with van der Waals surface area (Å²) in [4.78, 5) is 11.6. The van der Waals surface area contributed by atoms with Crippen LogP contribution in [0.4, 0.5) is 0 Å². The molecule has 0 saturated carbocycles. The Bertz CT molecular complexity index is 428. The first-order chi connectivity index (χ1) is 7.58. The van der Waals surface area contributed by atoms with Crippen LogP contribution >= 0.6 is 11.6 Å². The summed E-state index contributed by atoms with van der Waals surface area (Å²) in [6, 6.07) is 3.08. The molecular formula is C11H11ClO4. The molecule has 1 aromatic rings. The van der Waals surface area contributed by atoms with E-state index in [2.05, 4.69) is 0 Å². The first-order valence-corrected chi connectivity index (χ1v) is 5.26. The lowest BCUT2D eigenvalue weighted by atomic mass is 10.2. The fourth-order valence-electron chi connectivity index (χ4n) is 1.37. The molecule has 0 bridgehead atoms. The molecule has 86 valence electrons. The highest BCUT2D eigenvalue weighted by Gasteiger charge is 2.21. The molecule has 0 unspecified atom stereocenters. The maximum absolute atomic E-state index is 11.6. The van der Waals surface area contributed by atoms with Gasteiger partial charge in [-0.1, -0.05) is 11.6 Å². The van der Waals surface area contributed by atoms with Crippen LogP contribution in [0, 0.1) is 0 Å². The third-order valence-electron chi connectivity index (χ3n) is 2.01. The first kappa shape index (κ1) is 11.1. The minimum absolute atomic E-state index is 0.123. The molecule has 0 radical (unpaired) electrons. The van der Waals surface area contributed by atoms with Gasteiger partial charge in [0.25, 0.3) is 0 Å². The van der Waals surface area contributed by atoms with Crippen molar-refractivity contribution in [3.63, 3.8) is 0 Å². The third kappa shape index (κ3) is 2.07. The zero-order chi connectivity index (χ0) is 11.7. The topological polar surface area (TPSA) is 44.8 Å². The summed E-state index contributed by atoms with van der Waals surface area (Å²) in [6.07, 6.45) is -0.170. The SMILES string of the molecule is CC(C)OC(=O)c1cc(Cl)c2c(c1)OCO2. The van der Waals surface area contributed by atoms with Crippen LogP contribution in [0.25, 0.3) is 0 Å². The molecular weight excluding hydrogens is 232 g/mol. The molecule has 0 saturated heterocycles. The third-order valence-corrected chi connectivity index (χ3v) is 2.29. The molecule has 0 aromatic heterocycles. The fraction of sp³-hybridized carbons (Fsp3) is 0.364. The highest BCUT2D eigenvalue weighted by Crippen LogP contribution is 2.39. The van der Waals surface area contributed by atoms with Crippen molar-refractivity contribution in [1.82, 2.24) is 0 Å². The van der Waals surface area contributed by atoms with Gasteiger partial charge in [-0.3, -0.25) is 0 Å². The predicted molar refractivity (Wildman–Crippen MR) is 58.1 cm³/mol. The Hall–Kier alpha value is -1.42. The van der Waals surface area contributed by atoms with Crippen LogP contribution in [0.3, 0.4) is 0 Å². The standard InChI is InChI=1S/C11H11ClO4/c1-6(2)16-11(13)7-3-8(12)10-9(4-7)14-5-15-10/h3-4,6H,5H2,1-2H3. The van der Waals surface area contributed by atoms with E-state index in [-0.39, 0.29) is 12.9 Å². The summed E-state index contributed by atoms with van der Waals surface area (Å²) in [5, 5.41) is 0.353. The zero-order valence-corrected chi connectivity index (χ0v) is 9.71. The van der Waals surface area contributed by atoms with Crippen molar-refractivity contribution >= 4 is 17.6 Å². The molecule has 0 N–H and O–H groups in total. The molecule has 2 rings (SSSR count). The number of carbonyl (C=O) groups excluding carboxylic acids is 1. The minimum Gasteiger partial charge on any atom is -0.459 e. The van der Waals surface area contributed by atoms with Gasteiger partial charge in [-0.25, -0.2) is 4.79 Å². The number of halogens is 1. The summed E-state index contributed by atoms with van der Waals surface area (Å²) >= 11 is 5.94. The number of fused-ring (bicyclic) bond motifs is 1. The van der Waals surface area contributed by atoms with Crippen LogP contribution < -0.4 is 9.47 Å². The summed E-state index contributed by atoms with van der Waals surface area (Å²) in [5.41, 5.74) is 0.364. The molecule has 1 aliphatic heterocycles.